The molecule has 4 heterocycles. The normalized spacial score (nSPS) is 9.89. The Morgan fingerprint density at radius 1 is 0.778 bits per heavy atom. The molecule has 0 aliphatic rings. The lowest BCUT2D eigenvalue weighted by atomic mass is 10.1. The first-order chi connectivity index (χ1) is 17.4. The van der Waals surface area contributed by atoms with E-state index < -0.39 is 0 Å². The Balaban J connectivity index is 0.000000201. The summed E-state index contributed by atoms with van der Waals surface area (Å²) in [5.74, 6) is 11.8. The van der Waals surface area contributed by atoms with E-state index >= 15 is 0 Å². The predicted octanol–water partition coefficient (Wildman–Crippen LogP) is 2.55. The Morgan fingerprint density at radius 2 is 1.25 bits per heavy atom. The van der Waals surface area contributed by atoms with Crippen LogP contribution in [0.5, 0.6) is 0 Å². The summed E-state index contributed by atoms with van der Waals surface area (Å²) in [5.41, 5.74) is 14.5. The molecule has 5 N–H and O–H groups in total. The van der Waals surface area contributed by atoms with Gasteiger partial charge in [-0.2, -0.15) is 10.2 Å². The highest BCUT2D eigenvalue weighted by atomic mass is 79.9. The first kappa shape index (κ1) is 26.9. The number of hydrogen-bond donors (Lipinski definition) is 3. The van der Waals surface area contributed by atoms with E-state index in [2.05, 4.69) is 70.2 Å². The van der Waals surface area contributed by atoms with Crippen LogP contribution in [0.3, 0.4) is 0 Å². The molecule has 0 saturated heterocycles. The predicted molar refractivity (Wildman–Crippen MR) is 142 cm³/mol. The Bertz CT molecular complexity index is 1340. The smallest absolute Gasteiger partial charge is 0.154 e. The number of aliphatic hydroxyl groups excluding tert-OH is 1. The van der Waals surface area contributed by atoms with Crippen molar-refractivity contribution in [1.82, 2.24) is 40.0 Å². The van der Waals surface area contributed by atoms with Gasteiger partial charge in [-0.1, -0.05) is 62.8 Å². The number of hydrogen-bond acceptors (Lipinski definition) is 9. The summed E-state index contributed by atoms with van der Waals surface area (Å²) in [7, 11) is 0. The van der Waals surface area contributed by atoms with Gasteiger partial charge in [-0.3, -0.25) is 9.36 Å². The van der Waals surface area contributed by atoms with E-state index in [4.69, 9.17) is 39.8 Å². The first-order valence-electron chi connectivity index (χ1n) is 10.1. The molecule has 0 unspecified atom stereocenters. The fourth-order valence-electron chi connectivity index (χ4n) is 2.77. The molecular weight excluding hydrogens is 571 g/mol. The molecule has 0 bridgehead atoms. The maximum Gasteiger partial charge on any atom is 0.154 e. The third-order valence-electron chi connectivity index (χ3n) is 4.35. The van der Waals surface area contributed by atoms with Crippen molar-refractivity contribution in [3.8, 4) is 45.9 Å². The average Bonchev–Trinajstić information content (AvgIpc) is 3.53. The van der Waals surface area contributed by atoms with Crippen LogP contribution in [0, 0.1) is 23.7 Å². The molecule has 0 amide bonds. The molecule has 11 nitrogen and oxygen atoms in total. The number of alkyl halides is 1. The van der Waals surface area contributed by atoms with Crippen LogP contribution in [0.1, 0.15) is 0 Å². The van der Waals surface area contributed by atoms with Crippen LogP contribution in [0.2, 0.25) is 10.3 Å². The molecule has 4 rings (SSSR count). The van der Waals surface area contributed by atoms with Crippen LogP contribution in [-0.4, -0.2) is 57.0 Å². The maximum absolute atomic E-state index is 8.54. The van der Waals surface area contributed by atoms with Gasteiger partial charge in [-0.25, -0.2) is 0 Å². The van der Waals surface area contributed by atoms with Crippen LogP contribution in [-0.2, 0) is 13.1 Å². The largest absolute Gasteiger partial charge is 0.384 e. The summed E-state index contributed by atoms with van der Waals surface area (Å²) in [6.07, 6.45) is 6.95. The molecule has 14 heteroatoms. The standard InChI is InChI=1S/C11H9BrClN5.C11H10ClN5O/c12-3-1-2-4-18-7-8(6-15-18)9-5-10(13)16-17-11(9)14;12-10-5-9(11(13)16-15-10)8-6-14-17(7-8)3-1-2-4-18/h5-7H,3-4H2,(H2,14,17);5-7,18H,3-4H2,(H2,13,16). The molecule has 36 heavy (non-hydrogen) atoms. The minimum absolute atomic E-state index is 0.162. The van der Waals surface area contributed by atoms with Crippen molar-refractivity contribution in [2.24, 2.45) is 0 Å². The molecule has 4 aromatic rings. The van der Waals surface area contributed by atoms with Gasteiger partial charge in [0.2, 0.25) is 0 Å². The Kier molecular flexibility index (Phi) is 10.0. The van der Waals surface area contributed by atoms with Crippen molar-refractivity contribution in [2.75, 3.05) is 23.4 Å². The highest BCUT2D eigenvalue weighted by molar-refractivity contribution is 9.09. The monoisotopic (exact) mass is 588 g/mol. The summed E-state index contributed by atoms with van der Waals surface area (Å²) in [5, 5.41) is 32.9. The van der Waals surface area contributed by atoms with Crippen molar-refractivity contribution < 1.29 is 5.11 Å². The topological polar surface area (TPSA) is 159 Å². The number of nitrogens with zero attached hydrogens (tertiary/aromatic N) is 8. The Hall–Kier alpha value is -3.68. The molecule has 184 valence electrons. The van der Waals surface area contributed by atoms with Gasteiger partial charge < -0.3 is 16.6 Å². The van der Waals surface area contributed by atoms with E-state index in [0.717, 1.165) is 16.7 Å². The number of nitrogen functional groups attached to an aromatic ring is 2. The van der Waals surface area contributed by atoms with Crippen molar-refractivity contribution in [3.05, 3.63) is 47.2 Å². The fourth-order valence-corrected chi connectivity index (χ4v) is 3.26. The number of aliphatic hydroxyl groups is 1. The second kappa shape index (κ2) is 13.4. The van der Waals surface area contributed by atoms with Gasteiger partial charge in [0, 0.05) is 34.6 Å². The minimum atomic E-state index is -0.162. The van der Waals surface area contributed by atoms with Gasteiger partial charge in [-0.15, -0.1) is 20.4 Å². The first-order valence-corrected chi connectivity index (χ1v) is 12.0. The fraction of sp³-hybridized carbons (Fsp3) is 0.182. The van der Waals surface area contributed by atoms with Crippen LogP contribution >= 0.6 is 39.1 Å². The summed E-state index contributed by atoms with van der Waals surface area (Å²) in [4.78, 5) is 0. The number of nitrogens with two attached hydrogens (primary N) is 2. The number of aromatic nitrogens is 8. The number of anilines is 2. The van der Waals surface area contributed by atoms with Crippen molar-refractivity contribution in [1.29, 1.82) is 0 Å². The van der Waals surface area contributed by atoms with Gasteiger partial charge in [0.25, 0.3) is 0 Å². The molecule has 0 aromatic carbocycles. The van der Waals surface area contributed by atoms with Crippen molar-refractivity contribution in [3.63, 3.8) is 0 Å². The molecule has 0 fully saturated rings. The van der Waals surface area contributed by atoms with E-state index in [1.165, 1.54) is 0 Å². The third kappa shape index (κ3) is 7.66. The Morgan fingerprint density at radius 3 is 1.69 bits per heavy atom. The molecule has 0 atom stereocenters. The maximum atomic E-state index is 8.54. The van der Waals surface area contributed by atoms with E-state index in [-0.39, 0.29) is 11.8 Å². The van der Waals surface area contributed by atoms with Crippen molar-refractivity contribution in [2.45, 2.75) is 13.1 Å². The molecule has 0 aliphatic carbocycles. The number of rotatable bonds is 4. The van der Waals surface area contributed by atoms with Gasteiger partial charge in [-0.05, 0) is 12.1 Å². The molecule has 0 spiro atoms. The zero-order valence-electron chi connectivity index (χ0n) is 18.6. The second-order valence-electron chi connectivity index (χ2n) is 6.78. The molecule has 0 aliphatic heterocycles. The van der Waals surface area contributed by atoms with Crippen LogP contribution in [0.25, 0.3) is 22.3 Å². The van der Waals surface area contributed by atoms with Crippen LogP contribution in [0.15, 0.2) is 36.9 Å². The minimum Gasteiger partial charge on any atom is -0.384 e. The molecule has 4 aromatic heterocycles. The summed E-state index contributed by atoms with van der Waals surface area (Å²) >= 11 is 14.8. The van der Waals surface area contributed by atoms with Gasteiger partial charge >= 0.3 is 0 Å². The highest BCUT2D eigenvalue weighted by Crippen LogP contribution is 2.26. The lowest BCUT2D eigenvalue weighted by Crippen LogP contribution is -1.97. The van der Waals surface area contributed by atoms with Crippen LogP contribution < -0.4 is 11.5 Å². The van der Waals surface area contributed by atoms with E-state index in [1.54, 1.807) is 40.1 Å². The van der Waals surface area contributed by atoms with Gasteiger partial charge in [0.1, 0.15) is 19.7 Å². The molecule has 0 saturated carbocycles. The summed E-state index contributed by atoms with van der Waals surface area (Å²) < 4.78 is 3.35. The highest BCUT2D eigenvalue weighted by Gasteiger charge is 2.09. The SMILES string of the molecule is Nc1nnc(Cl)cc1-c1cnn(CC#CCBr)c1.Nc1nnc(Cl)cc1-c1cnn(CC#CCO)c1. The third-order valence-corrected chi connectivity index (χ3v) is 5.00. The zero-order chi connectivity index (χ0) is 25.9. The van der Waals surface area contributed by atoms with Crippen molar-refractivity contribution >= 4 is 50.8 Å². The lowest BCUT2D eigenvalue weighted by Gasteiger charge is -2.00. The molecular formula is C22H19BrCl2N10O. The van der Waals surface area contributed by atoms with Gasteiger partial charge in [0.15, 0.2) is 21.9 Å². The lowest BCUT2D eigenvalue weighted by molar-refractivity contribution is 0.350. The average molecular weight is 590 g/mol. The zero-order valence-corrected chi connectivity index (χ0v) is 21.7. The summed E-state index contributed by atoms with van der Waals surface area (Å²) in [6, 6.07) is 3.29. The Labute approximate surface area is 225 Å². The number of halogens is 3. The van der Waals surface area contributed by atoms with E-state index in [1.807, 2.05) is 6.20 Å². The summed E-state index contributed by atoms with van der Waals surface area (Å²) in [6.45, 7) is 0.759. The van der Waals surface area contributed by atoms with E-state index in [9.17, 15) is 0 Å². The van der Waals surface area contributed by atoms with E-state index in [0.29, 0.717) is 40.8 Å². The quantitative estimate of drug-likeness (QED) is 0.240. The van der Waals surface area contributed by atoms with Gasteiger partial charge in [0.05, 0.1) is 17.7 Å². The second-order valence-corrected chi connectivity index (χ2v) is 8.12. The molecule has 0 radical (unpaired) electrons. The van der Waals surface area contributed by atoms with Crippen LogP contribution in [0.4, 0.5) is 11.6 Å².